The molecule has 0 saturated carbocycles. The van der Waals surface area contributed by atoms with Crippen LogP contribution in [0.3, 0.4) is 0 Å². The van der Waals surface area contributed by atoms with Crippen molar-refractivity contribution in [3.63, 3.8) is 0 Å². The first-order chi connectivity index (χ1) is 14.0. The molecule has 0 atom stereocenters. The van der Waals surface area contributed by atoms with Gasteiger partial charge in [0.2, 0.25) is 24.0 Å². The van der Waals surface area contributed by atoms with Crippen molar-refractivity contribution >= 4 is 18.0 Å². The van der Waals surface area contributed by atoms with E-state index in [0.29, 0.717) is 18.1 Å². The van der Waals surface area contributed by atoms with Crippen LogP contribution in [0.4, 0.5) is 5.69 Å². The van der Waals surface area contributed by atoms with Gasteiger partial charge in [0.05, 0.1) is 6.42 Å². The van der Waals surface area contributed by atoms with Crippen LogP contribution in [0.15, 0.2) is 22.7 Å². The average Bonchev–Trinajstić information content (AvgIpc) is 3.32. The second kappa shape index (κ2) is 9.17. The van der Waals surface area contributed by atoms with Crippen molar-refractivity contribution in [2.45, 2.75) is 45.1 Å². The lowest BCUT2D eigenvalue weighted by molar-refractivity contribution is -0.119. The van der Waals surface area contributed by atoms with Gasteiger partial charge in [-0.2, -0.15) is 4.98 Å². The molecule has 1 aromatic heterocycles. The molecule has 0 aliphatic carbocycles. The maximum absolute atomic E-state index is 12.2. The Hall–Kier alpha value is -2.74. The van der Waals surface area contributed by atoms with E-state index in [1.807, 2.05) is 36.9 Å². The number of hydrogen-bond donors (Lipinski definition) is 0. The highest BCUT2D eigenvalue weighted by Crippen LogP contribution is 2.35. The molecule has 156 valence electrons. The van der Waals surface area contributed by atoms with Gasteiger partial charge in [0.15, 0.2) is 0 Å². The van der Waals surface area contributed by atoms with Gasteiger partial charge in [0.25, 0.3) is 0 Å². The molecule has 0 N–H and O–H groups in total. The van der Waals surface area contributed by atoms with E-state index in [2.05, 4.69) is 14.9 Å². The third-order valence-electron chi connectivity index (χ3n) is 5.20. The van der Waals surface area contributed by atoms with Crippen LogP contribution in [0.25, 0.3) is 11.4 Å². The normalized spacial score (nSPS) is 16.7. The fourth-order valence-electron chi connectivity index (χ4n) is 3.80. The second-order valence-electron chi connectivity index (χ2n) is 7.66. The number of carbonyl (C=O) groups is 2. The summed E-state index contributed by atoms with van der Waals surface area (Å²) in [6.07, 6.45) is 3.00. The summed E-state index contributed by atoms with van der Waals surface area (Å²) in [5, 5.41) is 4.14. The number of piperidine rings is 1. The molecule has 1 saturated heterocycles. The minimum absolute atomic E-state index is 0.114. The fourth-order valence-corrected chi connectivity index (χ4v) is 3.80. The summed E-state index contributed by atoms with van der Waals surface area (Å²) >= 11 is 0. The van der Waals surface area contributed by atoms with Gasteiger partial charge in [-0.1, -0.05) is 17.3 Å². The summed E-state index contributed by atoms with van der Waals surface area (Å²) in [5.74, 6) is 1.49. The first kappa shape index (κ1) is 21.0. The Kier molecular flexibility index (Phi) is 6.64. The lowest BCUT2D eigenvalue weighted by Crippen LogP contribution is -2.33. The maximum Gasteiger partial charge on any atom is 0.231 e. The van der Waals surface area contributed by atoms with Crippen LogP contribution < -0.4 is 4.90 Å². The molecule has 1 fully saturated rings. The summed E-state index contributed by atoms with van der Waals surface area (Å²) in [5.41, 5.74) is 2.83. The number of benzene rings is 1. The molecule has 0 unspecified atom stereocenters. The van der Waals surface area contributed by atoms with Crippen molar-refractivity contribution in [1.82, 2.24) is 15.0 Å². The van der Waals surface area contributed by atoms with E-state index in [1.165, 1.54) is 0 Å². The number of carbonyl (C=O) groups excluding carboxylic acids is 2. The molecule has 0 spiro atoms. The number of fused-ring (bicyclic) bond motifs is 1. The summed E-state index contributed by atoms with van der Waals surface area (Å²) in [6.45, 7) is 5.46. The molecule has 2 aliphatic heterocycles. The van der Waals surface area contributed by atoms with Gasteiger partial charge < -0.3 is 19.1 Å². The topological polar surface area (TPSA) is 88.8 Å². The molecular formula is C21H28N4O4. The van der Waals surface area contributed by atoms with Crippen molar-refractivity contribution in [2.24, 2.45) is 0 Å². The minimum atomic E-state index is 0.114. The predicted octanol–water partition coefficient (Wildman–Crippen LogP) is 2.63. The number of methoxy groups -OCH3 is 1. The minimum Gasteiger partial charge on any atom is -0.388 e. The molecular weight excluding hydrogens is 372 g/mol. The number of likely N-dealkylation sites (tertiary alicyclic amines) is 1. The zero-order chi connectivity index (χ0) is 21.0. The molecule has 8 nitrogen and oxygen atoms in total. The number of ether oxygens (including phenoxy) is 1. The van der Waals surface area contributed by atoms with Gasteiger partial charge in [0.1, 0.15) is 0 Å². The second-order valence-corrected chi connectivity index (χ2v) is 7.66. The van der Waals surface area contributed by atoms with Gasteiger partial charge in [0, 0.05) is 50.5 Å². The Morgan fingerprint density at radius 2 is 1.93 bits per heavy atom. The molecule has 4 rings (SSSR count). The van der Waals surface area contributed by atoms with E-state index in [1.54, 1.807) is 19.1 Å². The first-order valence-electron chi connectivity index (χ1n) is 9.86. The van der Waals surface area contributed by atoms with Crippen molar-refractivity contribution in [2.75, 3.05) is 32.2 Å². The number of rotatable bonds is 4. The largest absolute Gasteiger partial charge is 0.388 e. The van der Waals surface area contributed by atoms with Gasteiger partial charge >= 0.3 is 0 Å². The lowest BCUT2D eigenvalue weighted by Gasteiger charge is -2.26. The van der Waals surface area contributed by atoms with Gasteiger partial charge in [-0.15, -0.1) is 0 Å². The first-order valence-corrected chi connectivity index (χ1v) is 9.86. The lowest BCUT2D eigenvalue weighted by atomic mass is 9.97. The SMILES string of the molecule is CC(C)N1C(=O)Cc2ccc(-c3noc(C4CCN(C=O)CC4)n3)cc21.COC. The van der Waals surface area contributed by atoms with E-state index >= 15 is 0 Å². The van der Waals surface area contributed by atoms with Crippen LogP contribution in [0, 0.1) is 0 Å². The Labute approximate surface area is 170 Å². The summed E-state index contributed by atoms with van der Waals surface area (Å²) in [7, 11) is 3.25. The van der Waals surface area contributed by atoms with Gasteiger partial charge in [-0.3, -0.25) is 9.59 Å². The Morgan fingerprint density at radius 3 is 2.55 bits per heavy atom. The highest BCUT2D eigenvalue weighted by molar-refractivity contribution is 6.02. The van der Waals surface area contributed by atoms with E-state index in [4.69, 9.17) is 4.52 Å². The van der Waals surface area contributed by atoms with Crippen molar-refractivity contribution in [1.29, 1.82) is 0 Å². The molecule has 2 aromatic rings. The molecule has 8 heteroatoms. The van der Waals surface area contributed by atoms with E-state index in [9.17, 15) is 9.59 Å². The number of anilines is 1. The van der Waals surface area contributed by atoms with Crippen LogP contribution in [-0.2, 0) is 20.7 Å². The highest BCUT2D eigenvalue weighted by Gasteiger charge is 2.30. The van der Waals surface area contributed by atoms with Crippen LogP contribution in [0.1, 0.15) is 44.1 Å². The summed E-state index contributed by atoms with van der Waals surface area (Å²) < 4.78 is 9.74. The Bertz CT molecular complexity index is 856. The van der Waals surface area contributed by atoms with E-state index < -0.39 is 0 Å². The summed E-state index contributed by atoms with van der Waals surface area (Å²) in [6, 6.07) is 6.01. The average molecular weight is 400 g/mol. The van der Waals surface area contributed by atoms with E-state index in [0.717, 1.165) is 49.2 Å². The third kappa shape index (κ3) is 4.48. The molecule has 2 amide bonds. The zero-order valence-corrected chi connectivity index (χ0v) is 17.4. The maximum atomic E-state index is 12.2. The monoisotopic (exact) mass is 400 g/mol. The number of hydrogen-bond acceptors (Lipinski definition) is 6. The standard InChI is InChI=1S/C19H22N4O3.C2H6O/c1-12(2)23-16-9-15(4-3-14(16)10-17(23)25)18-20-19(26-21-18)13-5-7-22(11-24)8-6-13;1-3-2/h3-4,9,11-13H,5-8,10H2,1-2H3;1-2H3. The highest BCUT2D eigenvalue weighted by atomic mass is 16.5. The molecule has 0 radical (unpaired) electrons. The van der Waals surface area contributed by atoms with Crippen molar-refractivity contribution < 1.29 is 18.8 Å². The van der Waals surface area contributed by atoms with E-state index in [-0.39, 0.29) is 17.9 Å². The van der Waals surface area contributed by atoms with Crippen LogP contribution in [-0.4, -0.2) is 60.7 Å². The number of nitrogens with zero attached hydrogens (tertiary/aromatic N) is 4. The summed E-state index contributed by atoms with van der Waals surface area (Å²) in [4.78, 5) is 31.2. The van der Waals surface area contributed by atoms with Gasteiger partial charge in [-0.05, 0) is 38.3 Å². The molecule has 29 heavy (non-hydrogen) atoms. The predicted molar refractivity (Wildman–Crippen MR) is 109 cm³/mol. The Balaban J connectivity index is 0.000000755. The quantitative estimate of drug-likeness (QED) is 0.733. The number of amides is 2. The van der Waals surface area contributed by atoms with Crippen LogP contribution in [0.2, 0.25) is 0 Å². The number of aromatic nitrogens is 2. The zero-order valence-electron chi connectivity index (χ0n) is 17.4. The van der Waals surface area contributed by atoms with Crippen molar-refractivity contribution in [3.8, 4) is 11.4 Å². The van der Waals surface area contributed by atoms with Gasteiger partial charge in [-0.25, -0.2) is 0 Å². The molecule has 2 aliphatic rings. The van der Waals surface area contributed by atoms with Crippen LogP contribution in [0.5, 0.6) is 0 Å². The Morgan fingerprint density at radius 1 is 1.24 bits per heavy atom. The van der Waals surface area contributed by atoms with Crippen molar-refractivity contribution in [3.05, 3.63) is 29.7 Å². The molecule has 3 heterocycles. The molecule has 0 bridgehead atoms. The molecule has 1 aromatic carbocycles. The van der Waals surface area contributed by atoms with Crippen LogP contribution >= 0.6 is 0 Å². The fraction of sp³-hybridized carbons (Fsp3) is 0.524. The third-order valence-corrected chi connectivity index (χ3v) is 5.20. The smallest absolute Gasteiger partial charge is 0.231 e.